The Morgan fingerprint density at radius 1 is 1.57 bits per heavy atom. The molecule has 0 saturated heterocycles. The summed E-state index contributed by atoms with van der Waals surface area (Å²) >= 11 is 0. The van der Waals surface area contributed by atoms with Gasteiger partial charge >= 0.3 is 0 Å². The van der Waals surface area contributed by atoms with Crippen molar-refractivity contribution >= 4 is 6.29 Å². The third kappa shape index (κ3) is 0.671. The predicted molar refractivity (Wildman–Crippen MR) is 28.0 cm³/mol. The van der Waals surface area contributed by atoms with Gasteiger partial charge in [0.05, 0.1) is 0 Å². The Hall–Kier alpha value is -0.330. The normalized spacial score (nSPS) is 39.6. The van der Waals surface area contributed by atoms with Crippen molar-refractivity contribution in [3.05, 3.63) is 0 Å². The highest BCUT2D eigenvalue weighted by Gasteiger charge is 2.25. The summed E-state index contributed by atoms with van der Waals surface area (Å²) in [6.45, 7) is 2.13. The fourth-order valence-electron chi connectivity index (χ4n) is 0.895. The molecular weight excluding hydrogens is 88.1 g/mol. The number of hydrogen-bond donors (Lipinski definition) is 0. The van der Waals surface area contributed by atoms with Crippen LogP contribution < -0.4 is 0 Å². The monoisotopic (exact) mass is 98.1 g/mol. The summed E-state index contributed by atoms with van der Waals surface area (Å²) in [7, 11) is 0. The van der Waals surface area contributed by atoms with Crippen molar-refractivity contribution in [2.75, 3.05) is 0 Å². The van der Waals surface area contributed by atoms with Crippen molar-refractivity contribution in [2.24, 2.45) is 11.8 Å². The highest BCUT2D eigenvalue weighted by Crippen LogP contribution is 2.31. The van der Waals surface area contributed by atoms with Crippen LogP contribution in [0.1, 0.15) is 19.8 Å². The number of aldehydes is 1. The predicted octanol–water partition coefficient (Wildman–Crippen LogP) is 1.23. The van der Waals surface area contributed by atoms with E-state index in [0.717, 1.165) is 12.7 Å². The van der Waals surface area contributed by atoms with Crippen molar-refractivity contribution in [1.82, 2.24) is 0 Å². The van der Waals surface area contributed by atoms with E-state index in [1.807, 2.05) is 0 Å². The summed E-state index contributed by atoms with van der Waals surface area (Å²) in [5, 5.41) is 0. The molecule has 1 aliphatic rings. The van der Waals surface area contributed by atoms with Gasteiger partial charge in [0, 0.05) is 5.92 Å². The molecular formula is C6H10O. The van der Waals surface area contributed by atoms with Crippen molar-refractivity contribution in [2.45, 2.75) is 19.8 Å². The van der Waals surface area contributed by atoms with Crippen molar-refractivity contribution < 1.29 is 4.79 Å². The second kappa shape index (κ2) is 1.65. The van der Waals surface area contributed by atoms with Crippen LogP contribution in [0.25, 0.3) is 0 Å². The van der Waals surface area contributed by atoms with Crippen LogP contribution in [-0.2, 0) is 4.79 Å². The Morgan fingerprint density at radius 3 is 2.29 bits per heavy atom. The zero-order valence-corrected chi connectivity index (χ0v) is 4.55. The molecule has 1 aliphatic carbocycles. The quantitative estimate of drug-likeness (QED) is 0.451. The molecule has 0 amide bonds. The summed E-state index contributed by atoms with van der Waals surface area (Å²) in [6, 6.07) is 0. The number of rotatable bonds is 1. The molecule has 0 aromatic carbocycles. The van der Waals surface area contributed by atoms with Gasteiger partial charge < -0.3 is 4.79 Å². The average Bonchev–Trinajstić information content (AvgIpc) is 1.65. The Morgan fingerprint density at radius 2 is 2.29 bits per heavy atom. The maximum absolute atomic E-state index is 10.00. The van der Waals surface area contributed by atoms with Crippen LogP contribution in [0.2, 0.25) is 0 Å². The fraction of sp³-hybridized carbons (Fsp3) is 0.833. The van der Waals surface area contributed by atoms with Gasteiger partial charge in [0.25, 0.3) is 0 Å². The van der Waals surface area contributed by atoms with Crippen LogP contribution in [0.3, 0.4) is 0 Å². The van der Waals surface area contributed by atoms with Crippen molar-refractivity contribution in [3.8, 4) is 0 Å². The first-order valence-corrected chi connectivity index (χ1v) is 2.80. The van der Waals surface area contributed by atoms with Crippen LogP contribution in [0, 0.1) is 11.8 Å². The van der Waals surface area contributed by atoms with Crippen LogP contribution in [0.15, 0.2) is 0 Å². The van der Waals surface area contributed by atoms with Crippen LogP contribution in [-0.4, -0.2) is 6.29 Å². The summed E-state index contributed by atoms with van der Waals surface area (Å²) in [5.74, 6) is 1.08. The van der Waals surface area contributed by atoms with E-state index in [-0.39, 0.29) is 0 Å². The molecule has 1 nitrogen and oxygen atoms in total. The third-order valence-corrected chi connectivity index (χ3v) is 1.86. The molecule has 1 saturated carbocycles. The Bertz CT molecular complexity index is 78.2. The van der Waals surface area contributed by atoms with Crippen molar-refractivity contribution in [1.29, 1.82) is 0 Å². The molecule has 40 valence electrons. The number of carbonyl (C=O) groups is 1. The largest absolute Gasteiger partial charge is 0.303 e. The Labute approximate surface area is 43.7 Å². The highest BCUT2D eigenvalue weighted by atomic mass is 16.1. The first kappa shape index (κ1) is 4.82. The van der Waals surface area contributed by atoms with E-state index in [1.54, 1.807) is 0 Å². The molecule has 0 N–H and O–H groups in total. The van der Waals surface area contributed by atoms with Gasteiger partial charge in [0.1, 0.15) is 6.29 Å². The molecule has 1 rings (SSSR count). The average molecular weight is 98.1 g/mol. The first-order chi connectivity index (χ1) is 3.34. The minimum absolute atomic E-state index is 0.403. The topological polar surface area (TPSA) is 17.1 Å². The van der Waals surface area contributed by atoms with Gasteiger partial charge in [-0.15, -0.1) is 0 Å². The van der Waals surface area contributed by atoms with Crippen LogP contribution in [0.5, 0.6) is 0 Å². The lowest BCUT2D eigenvalue weighted by molar-refractivity contribution is -0.115. The van der Waals surface area contributed by atoms with Gasteiger partial charge in [-0.3, -0.25) is 0 Å². The van der Waals surface area contributed by atoms with Crippen molar-refractivity contribution in [3.63, 3.8) is 0 Å². The van der Waals surface area contributed by atoms with E-state index in [2.05, 4.69) is 6.92 Å². The van der Waals surface area contributed by atoms with Gasteiger partial charge in [-0.25, -0.2) is 0 Å². The highest BCUT2D eigenvalue weighted by molar-refractivity contribution is 5.55. The molecule has 0 bridgehead atoms. The second-order valence-corrected chi connectivity index (χ2v) is 2.35. The number of carbonyl (C=O) groups excluding carboxylic acids is 1. The smallest absolute Gasteiger partial charge is 0.123 e. The van der Waals surface area contributed by atoms with Gasteiger partial charge in [-0.2, -0.15) is 0 Å². The molecule has 0 aromatic heterocycles. The summed E-state index contributed by atoms with van der Waals surface area (Å²) in [4.78, 5) is 10.00. The van der Waals surface area contributed by atoms with E-state index in [9.17, 15) is 4.79 Å². The van der Waals surface area contributed by atoms with Gasteiger partial charge in [0.2, 0.25) is 0 Å². The minimum Gasteiger partial charge on any atom is -0.303 e. The van der Waals surface area contributed by atoms with E-state index in [0.29, 0.717) is 11.8 Å². The van der Waals surface area contributed by atoms with E-state index < -0.39 is 0 Å². The molecule has 0 radical (unpaired) electrons. The maximum Gasteiger partial charge on any atom is 0.123 e. The van der Waals surface area contributed by atoms with Gasteiger partial charge in [-0.05, 0) is 18.8 Å². The van der Waals surface area contributed by atoms with E-state index in [4.69, 9.17) is 0 Å². The molecule has 1 heteroatoms. The fourth-order valence-corrected chi connectivity index (χ4v) is 0.895. The zero-order valence-electron chi connectivity index (χ0n) is 4.55. The lowest BCUT2D eigenvalue weighted by atomic mass is 9.76. The Kier molecular flexibility index (Phi) is 1.13. The van der Waals surface area contributed by atoms with Gasteiger partial charge in [-0.1, -0.05) is 6.92 Å². The first-order valence-electron chi connectivity index (χ1n) is 2.80. The lowest BCUT2D eigenvalue weighted by Crippen LogP contribution is -2.23. The molecule has 0 aromatic rings. The molecule has 1 fully saturated rings. The summed E-state index contributed by atoms with van der Waals surface area (Å²) in [6.07, 6.45) is 3.46. The number of hydrogen-bond acceptors (Lipinski definition) is 1. The van der Waals surface area contributed by atoms with Crippen LogP contribution in [0.4, 0.5) is 0 Å². The summed E-state index contributed by atoms with van der Waals surface area (Å²) < 4.78 is 0. The Balaban J connectivity index is 2.28. The molecule has 0 aliphatic heterocycles. The third-order valence-electron chi connectivity index (χ3n) is 1.86. The zero-order chi connectivity index (χ0) is 5.28. The van der Waals surface area contributed by atoms with Gasteiger partial charge in [0.15, 0.2) is 0 Å². The molecule has 0 unspecified atom stereocenters. The molecule has 2 atom stereocenters. The van der Waals surface area contributed by atoms with Crippen LogP contribution >= 0.6 is 0 Å². The van der Waals surface area contributed by atoms with E-state index in [1.165, 1.54) is 6.42 Å². The van der Waals surface area contributed by atoms with E-state index >= 15 is 0 Å². The standard InChI is InChI=1S/C6H10O/c1-5-2-3-6(5)4-7/h4-6H,2-3H2,1H3/t5-,6-/m0/s1. The maximum atomic E-state index is 10.00. The second-order valence-electron chi connectivity index (χ2n) is 2.35. The summed E-state index contributed by atoms with van der Waals surface area (Å²) in [5.41, 5.74) is 0. The lowest BCUT2D eigenvalue weighted by Gasteiger charge is -2.28. The minimum atomic E-state index is 0.403. The molecule has 0 heterocycles. The SMILES string of the molecule is C[C@H]1CC[C@H]1C=O. The molecule has 0 spiro atoms. The molecule has 7 heavy (non-hydrogen) atoms.